The van der Waals surface area contributed by atoms with Gasteiger partial charge in [-0.25, -0.2) is 0 Å². The molecular formula is C19H22ClN3O2S. The number of methoxy groups -OCH3 is 1. The fourth-order valence-corrected chi connectivity index (χ4v) is 2.77. The molecule has 26 heavy (non-hydrogen) atoms. The minimum atomic E-state index is -0.161. The maximum atomic E-state index is 12.3. The quantitative estimate of drug-likeness (QED) is 0.718. The van der Waals surface area contributed by atoms with E-state index < -0.39 is 0 Å². The average molecular weight is 392 g/mol. The van der Waals surface area contributed by atoms with Gasteiger partial charge in [0.25, 0.3) is 0 Å². The number of hydrogen-bond donors (Lipinski definition) is 2. The Hall–Kier alpha value is -2.31. The summed E-state index contributed by atoms with van der Waals surface area (Å²) < 4.78 is 5.16. The van der Waals surface area contributed by atoms with Crippen molar-refractivity contribution in [2.24, 2.45) is 0 Å². The molecule has 0 unspecified atom stereocenters. The second-order valence-electron chi connectivity index (χ2n) is 5.69. The van der Waals surface area contributed by atoms with Crippen molar-refractivity contribution in [1.29, 1.82) is 0 Å². The summed E-state index contributed by atoms with van der Waals surface area (Å²) >= 11 is 11.6. The van der Waals surface area contributed by atoms with Crippen molar-refractivity contribution in [2.75, 3.05) is 30.8 Å². The van der Waals surface area contributed by atoms with Crippen LogP contribution in [-0.4, -0.2) is 36.1 Å². The third-order valence-corrected chi connectivity index (χ3v) is 4.55. The molecule has 0 aliphatic heterocycles. The lowest BCUT2D eigenvalue weighted by Crippen LogP contribution is -2.40. The Bertz CT molecular complexity index is 798. The molecule has 0 saturated heterocycles. The summed E-state index contributed by atoms with van der Waals surface area (Å²) in [6.45, 7) is 4.61. The van der Waals surface area contributed by atoms with E-state index in [1.807, 2.05) is 50.2 Å². The Morgan fingerprint density at radius 2 is 1.92 bits per heavy atom. The number of ether oxygens (including phenoxy) is 1. The first-order valence-electron chi connectivity index (χ1n) is 8.19. The van der Waals surface area contributed by atoms with Crippen LogP contribution in [0.1, 0.15) is 12.5 Å². The first-order chi connectivity index (χ1) is 12.4. The standard InChI is InChI=1S/C19H22ClN3O2S/c1-4-23(19(26)22-15-9-8-13(2)17(20)11-15)12-18(24)21-14-6-5-7-16(10-14)25-3/h5-11H,4,12H2,1-3H3,(H,21,24)(H,22,26). The summed E-state index contributed by atoms with van der Waals surface area (Å²) in [5.74, 6) is 0.523. The minimum Gasteiger partial charge on any atom is -0.497 e. The zero-order valence-electron chi connectivity index (χ0n) is 15.0. The SMILES string of the molecule is CCN(CC(=O)Nc1cccc(OC)c1)C(=S)Nc1ccc(C)c(Cl)c1. The van der Waals surface area contributed by atoms with Crippen LogP contribution in [0.2, 0.25) is 5.02 Å². The van der Waals surface area contributed by atoms with Crippen molar-refractivity contribution in [2.45, 2.75) is 13.8 Å². The molecule has 0 spiro atoms. The van der Waals surface area contributed by atoms with Gasteiger partial charge in [-0.1, -0.05) is 23.7 Å². The van der Waals surface area contributed by atoms with E-state index >= 15 is 0 Å². The molecule has 7 heteroatoms. The molecule has 0 aliphatic carbocycles. The molecular weight excluding hydrogens is 370 g/mol. The lowest BCUT2D eigenvalue weighted by Gasteiger charge is -2.24. The van der Waals surface area contributed by atoms with Crippen molar-refractivity contribution in [1.82, 2.24) is 4.90 Å². The fraction of sp³-hybridized carbons (Fsp3) is 0.263. The number of carbonyl (C=O) groups excluding carboxylic acids is 1. The number of likely N-dealkylation sites (N-methyl/N-ethyl adjacent to an activating group) is 1. The van der Waals surface area contributed by atoms with E-state index in [4.69, 9.17) is 28.6 Å². The van der Waals surface area contributed by atoms with E-state index in [0.29, 0.717) is 28.1 Å². The van der Waals surface area contributed by atoms with E-state index in [1.165, 1.54) is 0 Å². The highest BCUT2D eigenvalue weighted by Gasteiger charge is 2.13. The van der Waals surface area contributed by atoms with Crippen LogP contribution in [0.5, 0.6) is 5.75 Å². The second kappa shape index (κ2) is 9.40. The molecule has 0 atom stereocenters. The summed E-state index contributed by atoms with van der Waals surface area (Å²) in [6, 6.07) is 12.8. The highest BCUT2D eigenvalue weighted by atomic mass is 35.5. The monoisotopic (exact) mass is 391 g/mol. The first kappa shape index (κ1) is 20.0. The summed E-state index contributed by atoms with van der Waals surface area (Å²) in [6.07, 6.45) is 0. The van der Waals surface area contributed by atoms with Gasteiger partial charge in [0.15, 0.2) is 5.11 Å². The minimum absolute atomic E-state index is 0.138. The maximum Gasteiger partial charge on any atom is 0.243 e. The van der Waals surface area contributed by atoms with Crippen LogP contribution in [0.3, 0.4) is 0 Å². The molecule has 2 N–H and O–H groups in total. The largest absolute Gasteiger partial charge is 0.497 e. The second-order valence-corrected chi connectivity index (χ2v) is 6.48. The number of amides is 1. The molecule has 0 fully saturated rings. The first-order valence-corrected chi connectivity index (χ1v) is 8.97. The Balaban J connectivity index is 1.97. The molecule has 2 aromatic rings. The fourth-order valence-electron chi connectivity index (χ4n) is 2.28. The van der Waals surface area contributed by atoms with Crippen molar-refractivity contribution in [3.63, 3.8) is 0 Å². The number of benzene rings is 2. The van der Waals surface area contributed by atoms with E-state index in [9.17, 15) is 4.79 Å². The van der Waals surface area contributed by atoms with Gasteiger partial charge in [0.2, 0.25) is 5.91 Å². The van der Waals surface area contributed by atoms with Crippen molar-refractivity contribution in [3.05, 3.63) is 53.1 Å². The van der Waals surface area contributed by atoms with Gasteiger partial charge in [-0.3, -0.25) is 4.79 Å². The smallest absolute Gasteiger partial charge is 0.243 e. The number of nitrogens with zero attached hydrogens (tertiary/aromatic N) is 1. The van der Waals surface area contributed by atoms with Crippen LogP contribution in [-0.2, 0) is 4.79 Å². The molecule has 2 aromatic carbocycles. The zero-order chi connectivity index (χ0) is 19.1. The number of aryl methyl sites for hydroxylation is 1. The van der Waals surface area contributed by atoms with Crippen LogP contribution in [0, 0.1) is 6.92 Å². The van der Waals surface area contributed by atoms with Crippen LogP contribution in [0.15, 0.2) is 42.5 Å². The van der Waals surface area contributed by atoms with Crippen LogP contribution >= 0.6 is 23.8 Å². The Morgan fingerprint density at radius 3 is 2.58 bits per heavy atom. The maximum absolute atomic E-state index is 12.3. The number of rotatable bonds is 6. The Morgan fingerprint density at radius 1 is 1.19 bits per heavy atom. The third-order valence-electron chi connectivity index (χ3n) is 3.78. The Labute approximate surface area is 164 Å². The molecule has 1 amide bonds. The van der Waals surface area contributed by atoms with Gasteiger partial charge in [0, 0.05) is 29.0 Å². The van der Waals surface area contributed by atoms with Gasteiger partial charge >= 0.3 is 0 Å². The van der Waals surface area contributed by atoms with Gasteiger partial charge in [0.05, 0.1) is 13.7 Å². The van der Waals surface area contributed by atoms with Crippen molar-refractivity contribution >= 4 is 46.2 Å². The number of carbonyl (C=O) groups is 1. The van der Waals surface area contributed by atoms with Crippen LogP contribution in [0.4, 0.5) is 11.4 Å². The molecule has 2 rings (SSSR count). The highest BCUT2D eigenvalue weighted by molar-refractivity contribution is 7.80. The van der Waals surface area contributed by atoms with E-state index in [1.54, 1.807) is 18.1 Å². The summed E-state index contributed by atoms with van der Waals surface area (Å²) in [4.78, 5) is 14.1. The topological polar surface area (TPSA) is 53.6 Å². The molecule has 0 aliphatic rings. The van der Waals surface area contributed by atoms with Gasteiger partial charge in [-0.2, -0.15) is 0 Å². The number of thiocarbonyl (C=S) groups is 1. The summed E-state index contributed by atoms with van der Waals surface area (Å²) in [5.41, 5.74) is 2.46. The molecule has 0 saturated carbocycles. The van der Waals surface area contributed by atoms with Gasteiger partial charge in [-0.15, -0.1) is 0 Å². The summed E-state index contributed by atoms with van der Waals surface area (Å²) in [7, 11) is 1.58. The van der Waals surface area contributed by atoms with E-state index in [0.717, 1.165) is 11.3 Å². The predicted octanol–water partition coefficient (Wildman–Crippen LogP) is 4.31. The molecule has 0 aromatic heterocycles. The van der Waals surface area contributed by atoms with Gasteiger partial charge < -0.3 is 20.3 Å². The molecule has 0 radical (unpaired) electrons. The zero-order valence-corrected chi connectivity index (χ0v) is 16.6. The highest BCUT2D eigenvalue weighted by Crippen LogP contribution is 2.20. The number of anilines is 2. The van der Waals surface area contributed by atoms with Gasteiger partial charge in [-0.05, 0) is 55.9 Å². The van der Waals surface area contributed by atoms with Crippen LogP contribution < -0.4 is 15.4 Å². The number of nitrogens with one attached hydrogen (secondary N) is 2. The number of halogens is 1. The summed E-state index contributed by atoms with van der Waals surface area (Å²) in [5, 5.41) is 7.10. The Kier molecular flexibility index (Phi) is 7.24. The third kappa shape index (κ3) is 5.61. The van der Waals surface area contributed by atoms with Crippen LogP contribution in [0.25, 0.3) is 0 Å². The normalized spacial score (nSPS) is 10.2. The van der Waals surface area contributed by atoms with Crippen molar-refractivity contribution in [3.8, 4) is 5.75 Å². The lowest BCUT2D eigenvalue weighted by atomic mass is 10.2. The van der Waals surface area contributed by atoms with Gasteiger partial charge in [0.1, 0.15) is 5.75 Å². The lowest BCUT2D eigenvalue weighted by molar-refractivity contribution is -0.116. The van der Waals surface area contributed by atoms with E-state index in [-0.39, 0.29) is 12.5 Å². The molecule has 0 bridgehead atoms. The molecule has 5 nitrogen and oxygen atoms in total. The molecule has 138 valence electrons. The number of hydrogen-bond acceptors (Lipinski definition) is 3. The molecule has 0 heterocycles. The predicted molar refractivity (Wildman–Crippen MR) is 111 cm³/mol. The van der Waals surface area contributed by atoms with E-state index in [2.05, 4.69) is 10.6 Å². The van der Waals surface area contributed by atoms with Crippen molar-refractivity contribution < 1.29 is 9.53 Å². The average Bonchev–Trinajstić information content (AvgIpc) is 2.62.